The molecule has 0 atom stereocenters. The lowest BCUT2D eigenvalue weighted by atomic mass is 10.1. The number of benzene rings is 1. The van der Waals surface area contributed by atoms with Crippen LogP contribution < -0.4 is 0 Å². The molecule has 16 heavy (non-hydrogen) atoms. The minimum Gasteiger partial charge on any atom is -0.477 e. The van der Waals surface area contributed by atoms with E-state index in [9.17, 15) is 9.18 Å². The standard InChI is InChI=1S/C11H9FN2O2/c1-6-2-3-7(12)4-8(6)9-5-10(11(15)16)14-13-9/h2-5H,1H3,(H,13,14)(H,15,16). The molecule has 1 heterocycles. The van der Waals surface area contributed by atoms with E-state index < -0.39 is 5.97 Å². The van der Waals surface area contributed by atoms with Gasteiger partial charge < -0.3 is 5.11 Å². The fourth-order valence-electron chi connectivity index (χ4n) is 1.44. The summed E-state index contributed by atoms with van der Waals surface area (Å²) in [7, 11) is 0. The molecular formula is C11H9FN2O2. The Hall–Kier alpha value is -2.17. The van der Waals surface area contributed by atoms with E-state index in [0.717, 1.165) is 5.56 Å². The second-order valence-electron chi connectivity index (χ2n) is 3.43. The first-order valence-electron chi connectivity index (χ1n) is 4.63. The van der Waals surface area contributed by atoms with Gasteiger partial charge in [-0.3, -0.25) is 5.10 Å². The summed E-state index contributed by atoms with van der Waals surface area (Å²) < 4.78 is 13.0. The van der Waals surface area contributed by atoms with Gasteiger partial charge in [0.1, 0.15) is 11.5 Å². The minimum absolute atomic E-state index is 0.0151. The molecule has 0 aliphatic rings. The fourth-order valence-corrected chi connectivity index (χ4v) is 1.44. The van der Waals surface area contributed by atoms with Crippen molar-refractivity contribution in [1.29, 1.82) is 0 Å². The predicted octanol–water partition coefficient (Wildman–Crippen LogP) is 2.22. The highest BCUT2D eigenvalue weighted by Crippen LogP contribution is 2.22. The van der Waals surface area contributed by atoms with E-state index in [-0.39, 0.29) is 11.5 Å². The Kier molecular flexibility index (Phi) is 2.44. The normalized spacial score (nSPS) is 10.4. The van der Waals surface area contributed by atoms with Crippen molar-refractivity contribution in [3.8, 4) is 11.3 Å². The summed E-state index contributed by atoms with van der Waals surface area (Å²) in [6.07, 6.45) is 0. The van der Waals surface area contributed by atoms with E-state index in [1.165, 1.54) is 18.2 Å². The lowest BCUT2D eigenvalue weighted by Gasteiger charge is -2.01. The molecule has 0 amide bonds. The van der Waals surface area contributed by atoms with Gasteiger partial charge in [0.15, 0.2) is 0 Å². The Morgan fingerprint density at radius 2 is 2.19 bits per heavy atom. The zero-order chi connectivity index (χ0) is 11.7. The van der Waals surface area contributed by atoms with Gasteiger partial charge in [0.05, 0.1) is 5.69 Å². The number of aromatic carboxylic acids is 1. The Morgan fingerprint density at radius 3 is 2.81 bits per heavy atom. The van der Waals surface area contributed by atoms with Gasteiger partial charge in [-0.15, -0.1) is 0 Å². The maximum Gasteiger partial charge on any atom is 0.353 e. The number of rotatable bonds is 2. The molecule has 4 nitrogen and oxygen atoms in total. The topological polar surface area (TPSA) is 66.0 Å². The molecular weight excluding hydrogens is 211 g/mol. The van der Waals surface area contributed by atoms with Crippen LogP contribution in [0.2, 0.25) is 0 Å². The second kappa shape index (κ2) is 3.77. The minimum atomic E-state index is -1.09. The highest BCUT2D eigenvalue weighted by atomic mass is 19.1. The van der Waals surface area contributed by atoms with Crippen LogP contribution in [0.1, 0.15) is 16.1 Å². The summed E-state index contributed by atoms with van der Waals surface area (Å²) in [4.78, 5) is 10.7. The third-order valence-electron chi connectivity index (χ3n) is 2.28. The van der Waals surface area contributed by atoms with E-state index in [2.05, 4.69) is 10.2 Å². The van der Waals surface area contributed by atoms with E-state index in [1.807, 2.05) is 6.92 Å². The number of nitrogens with one attached hydrogen (secondary N) is 1. The van der Waals surface area contributed by atoms with Crippen LogP contribution in [0.3, 0.4) is 0 Å². The van der Waals surface area contributed by atoms with Gasteiger partial charge in [-0.2, -0.15) is 5.10 Å². The van der Waals surface area contributed by atoms with Crippen LogP contribution in [-0.4, -0.2) is 21.3 Å². The quantitative estimate of drug-likeness (QED) is 0.815. The molecule has 1 aromatic carbocycles. The number of halogens is 1. The number of hydrogen-bond donors (Lipinski definition) is 2. The lowest BCUT2D eigenvalue weighted by Crippen LogP contribution is -1.95. The second-order valence-corrected chi connectivity index (χ2v) is 3.43. The molecule has 0 saturated heterocycles. The maximum atomic E-state index is 13.0. The van der Waals surface area contributed by atoms with Crippen molar-refractivity contribution in [2.75, 3.05) is 0 Å². The number of aromatic nitrogens is 2. The first kappa shape index (κ1) is 10.4. The molecule has 0 radical (unpaired) electrons. The van der Waals surface area contributed by atoms with Gasteiger partial charge in [0.2, 0.25) is 0 Å². The Balaban J connectivity index is 2.50. The van der Waals surface area contributed by atoms with Gasteiger partial charge in [0.25, 0.3) is 0 Å². The highest BCUT2D eigenvalue weighted by Gasteiger charge is 2.11. The molecule has 82 valence electrons. The molecule has 0 fully saturated rings. The molecule has 0 aliphatic carbocycles. The lowest BCUT2D eigenvalue weighted by molar-refractivity contribution is 0.0690. The number of carboxylic acid groups (broad SMARTS) is 1. The number of aromatic amines is 1. The molecule has 0 spiro atoms. The zero-order valence-corrected chi connectivity index (χ0v) is 8.49. The largest absolute Gasteiger partial charge is 0.477 e. The number of nitrogens with zero attached hydrogens (tertiary/aromatic N) is 1. The van der Waals surface area contributed by atoms with Crippen molar-refractivity contribution in [2.24, 2.45) is 0 Å². The van der Waals surface area contributed by atoms with E-state index >= 15 is 0 Å². The van der Waals surface area contributed by atoms with Crippen LogP contribution in [0.5, 0.6) is 0 Å². The third kappa shape index (κ3) is 1.79. The van der Waals surface area contributed by atoms with Crippen molar-refractivity contribution in [3.63, 3.8) is 0 Å². The predicted molar refractivity (Wildman–Crippen MR) is 55.7 cm³/mol. The molecule has 1 aromatic heterocycles. The molecule has 0 bridgehead atoms. The number of carboxylic acids is 1. The van der Waals surface area contributed by atoms with Crippen molar-refractivity contribution in [3.05, 3.63) is 41.3 Å². The van der Waals surface area contributed by atoms with Gasteiger partial charge in [0, 0.05) is 5.56 Å². The van der Waals surface area contributed by atoms with Crippen molar-refractivity contribution < 1.29 is 14.3 Å². The first-order chi connectivity index (χ1) is 7.58. The molecule has 2 N–H and O–H groups in total. The summed E-state index contributed by atoms with van der Waals surface area (Å²) in [6, 6.07) is 5.69. The summed E-state index contributed by atoms with van der Waals surface area (Å²) in [5.74, 6) is -1.46. The van der Waals surface area contributed by atoms with Gasteiger partial charge in [-0.1, -0.05) is 6.07 Å². The number of hydrogen-bond acceptors (Lipinski definition) is 2. The number of carbonyl (C=O) groups is 1. The monoisotopic (exact) mass is 220 g/mol. The van der Waals surface area contributed by atoms with Gasteiger partial charge in [-0.25, -0.2) is 9.18 Å². The van der Waals surface area contributed by atoms with Gasteiger partial charge >= 0.3 is 5.97 Å². The average molecular weight is 220 g/mol. The van der Waals surface area contributed by atoms with E-state index in [0.29, 0.717) is 11.3 Å². The smallest absolute Gasteiger partial charge is 0.353 e. The average Bonchev–Trinajstić information content (AvgIpc) is 2.70. The van der Waals surface area contributed by atoms with E-state index in [1.54, 1.807) is 6.07 Å². The molecule has 2 rings (SSSR count). The Labute approximate surface area is 90.7 Å². The number of H-pyrrole nitrogens is 1. The van der Waals surface area contributed by atoms with E-state index in [4.69, 9.17) is 5.11 Å². The summed E-state index contributed by atoms with van der Waals surface area (Å²) in [5, 5.41) is 14.9. The summed E-state index contributed by atoms with van der Waals surface area (Å²) in [5.41, 5.74) is 1.83. The maximum absolute atomic E-state index is 13.0. The SMILES string of the molecule is Cc1ccc(F)cc1-c1cc(C(=O)O)[nH]n1. The molecule has 2 aromatic rings. The van der Waals surface area contributed by atoms with Crippen LogP contribution in [0.25, 0.3) is 11.3 Å². The van der Waals surface area contributed by atoms with Gasteiger partial charge in [-0.05, 0) is 30.7 Å². The zero-order valence-electron chi connectivity index (χ0n) is 8.49. The highest BCUT2D eigenvalue weighted by molar-refractivity contribution is 5.87. The van der Waals surface area contributed by atoms with Crippen LogP contribution in [-0.2, 0) is 0 Å². The summed E-state index contributed by atoms with van der Waals surface area (Å²) in [6.45, 7) is 1.81. The van der Waals surface area contributed by atoms with Crippen LogP contribution >= 0.6 is 0 Å². The third-order valence-corrected chi connectivity index (χ3v) is 2.28. The Morgan fingerprint density at radius 1 is 1.44 bits per heavy atom. The molecule has 0 aliphatic heterocycles. The number of aryl methyl sites for hydroxylation is 1. The van der Waals surface area contributed by atoms with Crippen molar-refractivity contribution >= 4 is 5.97 Å². The molecule has 0 unspecified atom stereocenters. The first-order valence-corrected chi connectivity index (χ1v) is 4.63. The molecule has 5 heteroatoms. The summed E-state index contributed by atoms with van der Waals surface area (Å²) >= 11 is 0. The van der Waals surface area contributed by atoms with Crippen molar-refractivity contribution in [1.82, 2.24) is 10.2 Å². The Bertz CT molecular complexity index is 549. The van der Waals surface area contributed by atoms with Crippen molar-refractivity contribution in [2.45, 2.75) is 6.92 Å². The molecule has 0 saturated carbocycles. The van der Waals surface area contributed by atoms with Crippen LogP contribution in [0, 0.1) is 12.7 Å². The fraction of sp³-hybridized carbons (Fsp3) is 0.0909. The van der Waals surface area contributed by atoms with Crippen LogP contribution in [0.4, 0.5) is 4.39 Å². The van der Waals surface area contributed by atoms with Crippen LogP contribution in [0.15, 0.2) is 24.3 Å².